The van der Waals surface area contributed by atoms with Gasteiger partial charge in [-0.15, -0.1) is 0 Å². The van der Waals surface area contributed by atoms with E-state index in [1.807, 2.05) is 20.8 Å². The van der Waals surface area contributed by atoms with Gasteiger partial charge in [0.05, 0.1) is 5.56 Å². The van der Waals surface area contributed by atoms with Gasteiger partial charge in [-0.1, -0.05) is 13.8 Å². The molecule has 0 spiro atoms. The average Bonchev–Trinajstić information content (AvgIpc) is 2.36. The summed E-state index contributed by atoms with van der Waals surface area (Å²) in [5, 5.41) is 18.8. The summed E-state index contributed by atoms with van der Waals surface area (Å²) in [4.78, 5) is 17.9. The van der Waals surface area contributed by atoms with Gasteiger partial charge in [0.2, 0.25) is 0 Å². The molecule has 1 saturated heterocycles. The van der Waals surface area contributed by atoms with Crippen molar-refractivity contribution in [2.45, 2.75) is 39.7 Å². The SMILES string of the molecule is Cc1ccc(C#N)c(N2CCCC(C)(C)C2C(=O)O)n1. The Morgan fingerprint density at radius 1 is 1.55 bits per heavy atom. The minimum absolute atomic E-state index is 0.345. The first-order valence-electron chi connectivity index (χ1n) is 6.74. The molecule has 0 amide bonds. The molecule has 2 heterocycles. The predicted molar refractivity (Wildman–Crippen MR) is 75.5 cm³/mol. The van der Waals surface area contributed by atoms with Gasteiger partial charge in [-0.2, -0.15) is 5.26 Å². The third-order valence-electron chi connectivity index (χ3n) is 3.91. The Bertz CT molecular complexity index is 575. The first kappa shape index (κ1) is 14.3. The number of nitrogens with zero attached hydrogens (tertiary/aromatic N) is 3. The van der Waals surface area contributed by atoms with Gasteiger partial charge in [0.25, 0.3) is 0 Å². The fraction of sp³-hybridized carbons (Fsp3) is 0.533. The number of aryl methyl sites for hydroxylation is 1. The number of pyridine rings is 1. The summed E-state index contributed by atoms with van der Waals surface area (Å²) in [6.07, 6.45) is 1.76. The molecular weight excluding hydrogens is 254 g/mol. The third-order valence-corrected chi connectivity index (χ3v) is 3.91. The number of anilines is 1. The van der Waals surface area contributed by atoms with E-state index in [4.69, 9.17) is 0 Å². The van der Waals surface area contributed by atoms with Crippen molar-refractivity contribution in [2.24, 2.45) is 5.41 Å². The Morgan fingerprint density at radius 3 is 2.85 bits per heavy atom. The topological polar surface area (TPSA) is 77.2 Å². The van der Waals surface area contributed by atoms with Gasteiger partial charge < -0.3 is 10.0 Å². The van der Waals surface area contributed by atoms with Crippen LogP contribution in [0.5, 0.6) is 0 Å². The molecule has 0 aromatic carbocycles. The number of piperidine rings is 1. The molecule has 0 radical (unpaired) electrons. The van der Waals surface area contributed by atoms with Crippen LogP contribution in [-0.2, 0) is 4.79 Å². The summed E-state index contributed by atoms with van der Waals surface area (Å²) < 4.78 is 0. The summed E-state index contributed by atoms with van der Waals surface area (Å²) in [5.41, 5.74) is 0.869. The zero-order chi connectivity index (χ0) is 14.9. The van der Waals surface area contributed by atoms with Crippen molar-refractivity contribution in [3.05, 3.63) is 23.4 Å². The van der Waals surface area contributed by atoms with E-state index in [-0.39, 0.29) is 5.41 Å². The lowest BCUT2D eigenvalue weighted by molar-refractivity contribution is -0.142. The number of aliphatic carboxylic acids is 1. The molecular formula is C15H19N3O2. The second kappa shape index (κ2) is 5.12. The summed E-state index contributed by atoms with van der Waals surface area (Å²) in [5.74, 6) is -0.366. The van der Waals surface area contributed by atoms with Crippen molar-refractivity contribution in [3.63, 3.8) is 0 Å². The van der Waals surface area contributed by atoms with Gasteiger partial charge in [0.1, 0.15) is 17.9 Å². The van der Waals surface area contributed by atoms with E-state index in [1.165, 1.54) is 0 Å². The van der Waals surface area contributed by atoms with E-state index in [2.05, 4.69) is 11.1 Å². The van der Waals surface area contributed by atoms with Crippen LogP contribution in [0, 0.1) is 23.7 Å². The van der Waals surface area contributed by atoms with Crippen molar-refractivity contribution in [1.82, 2.24) is 4.98 Å². The number of carboxylic acid groups (broad SMARTS) is 1. The van der Waals surface area contributed by atoms with Gasteiger partial charge in [-0.05, 0) is 37.3 Å². The number of hydrogen-bond donors (Lipinski definition) is 1. The summed E-state index contributed by atoms with van der Waals surface area (Å²) >= 11 is 0. The smallest absolute Gasteiger partial charge is 0.326 e. The highest BCUT2D eigenvalue weighted by atomic mass is 16.4. The highest BCUT2D eigenvalue weighted by molar-refractivity contribution is 5.80. The maximum atomic E-state index is 11.7. The minimum Gasteiger partial charge on any atom is -0.480 e. The molecule has 1 N–H and O–H groups in total. The Balaban J connectivity index is 2.52. The van der Waals surface area contributed by atoms with Crippen LogP contribution in [0.25, 0.3) is 0 Å². The van der Waals surface area contributed by atoms with Crippen LogP contribution in [-0.4, -0.2) is 28.6 Å². The molecule has 106 valence electrons. The van der Waals surface area contributed by atoms with Gasteiger partial charge in [0.15, 0.2) is 0 Å². The molecule has 0 aliphatic carbocycles. The lowest BCUT2D eigenvalue weighted by atomic mass is 9.76. The van der Waals surface area contributed by atoms with E-state index in [1.54, 1.807) is 17.0 Å². The Morgan fingerprint density at radius 2 is 2.25 bits per heavy atom. The Labute approximate surface area is 118 Å². The third kappa shape index (κ3) is 2.46. The normalized spacial score (nSPS) is 21.3. The fourth-order valence-corrected chi connectivity index (χ4v) is 2.94. The largest absolute Gasteiger partial charge is 0.480 e. The van der Waals surface area contributed by atoms with E-state index in [9.17, 15) is 15.2 Å². The van der Waals surface area contributed by atoms with Crippen molar-refractivity contribution in [1.29, 1.82) is 5.26 Å². The lowest BCUT2D eigenvalue weighted by Crippen LogP contribution is -2.55. The second-order valence-corrected chi connectivity index (χ2v) is 5.96. The number of carboxylic acids is 1. The van der Waals surface area contributed by atoms with Gasteiger partial charge in [-0.3, -0.25) is 0 Å². The monoisotopic (exact) mass is 273 g/mol. The van der Waals surface area contributed by atoms with Crippen LogP contribution in [0.2, 0.25) is 0 Å². The lowest BCUT2D eigenvalue weighted by Gasteiger charge is -2.44. The molecule has 20 heavy (non-hydrogen) atoms. The zero-order valence-electron chi connectivity index (χ0n) is 12.1. The van der Waals surface area contributed by atoms with Crippen molar-refractivity contribution in [3.8, 4) is 6.07 Å². The molecule has 1 aliphatic rings. The summed E-state index contributed by atoms with van der Waals surface area (Å²) in [6.45, 7) is 6.38. The molecule has 1 unspecified atom stereocenters. The maximum Gasteiger partial charge on any atom is 0.326 e. The van der Waals surface area contributed by atoms with Crippen LogP contribution in [0.3, 0.4) is 0 Å². The van der Waals surface area contributed by atoms with E-state index < -0.39 is 12.0 Å². The molecule has 5 nitrogen and oxygen atoms in total. The van der Waals surface area contributed by atoms with Crippen LogP contribution >= 0.6 is 0 Å². The van der Waals surface area contributed by atoms with Crippen molar-refractivity contribution in [2.75, 3.05) is 11.4 Å². The number of nitriles is 1. The van der Waals surface area contributed by atoms with Gasteiger partial charge in [0, 0.05) is 12.2 Å². The first-order chi connectivity index (χ1) is 9.36. The minimum atomic E-state index is -0.859. The molecule has 0 bridgehead atoms. The number of hydrogen-bond acceptors (Lipinski definition) is 4. The maximum absolute atomic E-state index is 11.7. The summed E-state index contributed by atoms with van der Waals surface area (Å²) in [6, 6.07) is 4.93. The quantitative estimate of drug-likeness (QED) is 0.895. The molecule has 2 rings (SSSR count). The van der Waals surface area contributed by atoms with Crippen molar-refractivity contribution >= 4 is 11.8 Å². The number of aromatic nitrogens is 1. The molecule has 0 saturated carbocycles. The highest BCUT2D eigenvalue weighted by Gasteiger charge is 2.43. The molecule has 1 fully saturated rings. The standard InChI is InChI=1S/C15H19N3O2/c1-10-5-6-11(9-16)13(17-10)18-8-4-7-15(2,3)12(18)14(19)20/h5-6,12H,4,7-8H2,1-3H3,(H,19,20). The van der Waals surface area contributed by atoms with Gasteiger partial charge >= 0.3 is 5.97 Å². The highest BCUT2D eigenvalue weighted by Crippen LogP contribution is 2.38. The summed E-state index contributed by atoms with van der Waals surface area (Å²) in [7, 11) is 0. The molecule has 1 aromatic rings. The van der Waals surface area contributed by atoms with E-state index in [0.717, 1.165) is 18.5 Å². The van der Waals surface area contributed by atoms with Crippen molar-refractivity contribution < 1.29 is 9.90 Å². The molecule has 1 atom stereocenters. The van der Waals surface area contributed by atoms with E-state index in [0.29, 0.717) is 17.9 Å². The molecule has 5 heteroatoms. The van der Waals surface area contributed by atoms with Gasteiger partial charge in [-0.25, -0.2) is 9.78 Å². The number of rotatable bonds is 2. The molecule has 1 aromatic heterocycles. The Hall–Kier alpha value is -2.09. The predicted octanol–water partition coefficient (Wildman–Crippen LogP) is 2.34. The van der Waals surface area contributed by atoms with Crippen LogP contribution in [0.1, 0.15) is 37.9 Å². The zero-order valence-corrected chi connectivity index (χ0v) is 12.1. The molecule has 1 aliphatic heterocycles. The van der Waals surface area contributed by atoms with E-state index >= 15 is 0 Å². The van der Waals surface area contributed by atoms with Crippen LogP contribution in [0.4, 0.5) is 5.82 Å². The van der Waals surface area contributed by atoms with Crippen LogP contribution in [0.15, 0.2) is 12.1 Å². The average molecular weight is 273 g/mol. The fourth-order valence-electron chi connectivity index (χ4n) is 2.94. The first-order valence-corrected chi connectivity index (χ1v) is 6.74. The Kier molecular flexibility index (Phi) is 3.67. The second-order valence-electron chi connectivity index (χ2n) is 5.96. The number of carbonyl (C=O) groups is 1. The van der Waals surface area contributed by atoms with Crippen LogP contribution < -0.4 is 4.90 Å².